The van der Waals surface area contributed by atoms with E-state index >= 15 is 0 Å². The van der Waals surface area contributed by atoms with E-state index < -0.39 is 11.7 Å². The molecule has 0 radical (unpaired) electrons. The Morgan fingerprint density at radius 3 is 2.68 bits per heavy atom. The molecule has 2 heterocycles. The molecule has 2 aromatic heterocycles. The van der Waals surface area contributed by atoms with Gasteiger partial charge in [-0.15, -0.1) is 0 Å². The highest BCUT2D eigenvalue weighted by Gasteiger charge is 2.23. The van der Waals surface area contributed by atoms with E-state index in [1.54, 1.807) is 32.0 Å². The third kappa shape index (κ3) is 7.59. The largest absolute Gasteiger partial charge is 0.472 e. The zero-order valence-electron chi connectivity index (χ0n) is 15.0. The quantitative estimate of drug-likeness (QED) is 0.611. The van der Waals surface area contributed by atoms with Gasteiger partial charge in [-0.05, 0) is 57.2 Å². The maximum atomic E-state index is 10.5. The number of hydrogen-bond acceptors (Lipinski definition) is 4. The number of furan rings is 2. The highest BCUT2D eigenvalue weighted by molar-refractivity contribution is 5.47. The average Bonchev–Trinajstić information content (AvgIpc) is 3.19. The number of aryl methyl sites for hydroxylation is 1. The number of hydrogen-bond donors (Lipinski definition) is 2. The summed E-state index contributed by atoms with van der Waals surface area (Å²) in [6.45, 7) is 3.77. The lowest BCUT2D eigenvalue weighted by atomic mass is 9.91. The molecule has 2 atom stereocenters. The topological polar surface area (TPSA) is 66.7 Å². The molecule has 0 saturated heterocycles. The van der Waals surface area contributed by atoms with Crippen LogP contribution in [0.1, 0.15) is 50.7 Å². The van der Waals surface area contributed by atoms with Crippen molar-refractivity contribution in [1.82, 2.24) is 0 Å². The minimum Gasteiger partial charge on any atom is -0.472 e. The first-order valence-electron chi connectivity index (χ1n) is 8.72. The van der Waals surface area contributed by atoms with Crippen LogP contribution in [0.4, 0.5) is 0 Å². The second kappa shape index (κ2) is 9.44. The van der Waals surface area contributed by atoms with Crippen molar-refractivity contribution in [2.24, 2.45) is 0 Å². The first-order chi connectivity index (χ1) is 11.9. The van der Waals surface area contributed by atoms with E-state index in [-0.39, 0.29) is 0 Å². The number of rotatable bonds is 10. The summed E-state index contributed by atoms with van der Waals surface area (Å²) in [7, 11) is 0. The molecule has 0 fully saturated rings. The molecular formula is C21H28O4. The van der Waals surface area contributed by atoms with Gasteiger partial charge in [0, 0.05) is 12.0 Å². The first kappa shape index (κ1) is 19.3. The first-order valence-corrected chi connectivity index (χ1v) is 8.72. The second-order valence-electron chi connectivity index (χ2n) is 6.93. The van der Waals surface area contributed by atoms with Crippen LogP contribution >= 0.6 is 0 Å². The van der Waals surface area contributed by atoms with Crippen LogP contribution in [0.3, 0.4) is 0 Å². The van der Waals surface area contributed by atoms with Gasteiger partial charge in [0.25, 0.3) is 0 Å². The molecule has 25 heavy (non-hydrogen) atoms. The molecule has 0 saturated carbocycles. The Bertz CT molecular complexity index is 648. The van der Waals surface area contributed by atoms with Crippen LogP contribution in [0.2, 0.25) is 0 Å². The zero-order valence-corrected chi connectivity index (χ0v) is 15.0. The van der Waals surface area contributed by atoms with Crippen LogP contribution < -0.4 is 0 Å². The van der Waals surface area contributed by atoms with E-state index in [1.807, 2.05) is 37.3 Å². The molecule has 0 aliphatic rings. The Morgan fingerprint density at radius 1 is 1.24 bits per heavy atom. The highest BCUT2D eigenvalue weighted by Crippen LogP contribution is 2.22. The fourth-order valence-corrected chi connectivity index (χ4v) is 2.87. The molecular weight excluding hydrogens is 316 g/mol. The Morgan fingerprint density at radius 2 is 2.00 bits per heavy atom. The molecule has 0 spiro atoms. The summed E-state index contributed by atoms with van der Waals surface area (Å²) in [4.78, 5) is 0. The molecule has 0 aliphatic heterocycles. The summed E-state index contributed by atoms with van der Waals surface area (Å²) in [5.74, 6) is 0. The SMILES string of the molecule is C/C(=C\[C@H](O)CC(C)(O)CCCc1ccoc1)C/C=C/c1ccoc1. The lowest BCUT2D eigenvalue weighted by molar-refractivity contribution is 0.00815. The Balaban J connectivity index is 1.73. The molecule has 136 valence electrons. The van der Waals surface area contributed by atoms with Crippen molar-refractivity contribution in [2.75, 3.05) is 0 Å². The summed E-state index contributed by atoms with van der Waals surface area (Å²) < 4.78 is 10.0. The van der Waals surface area contributed by atoms with E-state index in [4.69, 9.17) is 8.83 Å². The van der Waals surface area contributed by atoms with Gasteiger partial charge in [0.05, 0.1) is 36.8 Å². The van der Waals surface area contributed by atoms with Crippen LogP contribution in [-0.4, -0.2) is 21.9 Å². The predicted octanol–water partition coefficient (Wildman–Crippen LogP) is 4.75. The summed E-state index contributed by atoms with van der Waals surface area (Å²) in [6.07, 6.45) is 15.4. The van der Waals surface area contributed by atoms with E-state index in [9.17, 15) is 10.2 Å². The van der Waals surface area contributed by atoms with Crippen molar-refractivity contribution in [2.45, 2.75) is 57.7 Å². The number of allylic oxidation sites excluding steroid dienone is 2. The van der Waals surface area contributed by atoms with Gasteiger partial charge in [0.1, 0.15) is 0 Å². The Hall–Kier alpha value is -2.04. The van der Waals surface area contributed by atoms with Crippen LogP contribution in [0.15, 0.2) is 63.7 Å². The molecule has 2 rings (SSSR count). The van der Waals surface area contributed by atoms with E-state index in [1.165, 1.54) is 0 Å². The molecule has 0 amide bonds. The summed E-state index contributed by atoms with van der Waals surface area (Å²) >= 11 is 0. The van der Waals surface area contributed by atoms with E-state index in [2.05, 4.69) is 0 Å². The standard InChI is InChI=1S/C21H28O4/c1-17(5-3-6-18-8-11-24-15-18)13-20(22)14-21(2,23)10-4-7-19-9-12-25-16-19/h3,6,8-9,11-13,15-16,20,22-23H,4-5,7,10,14H2,1-2H3/b6-3+,17-13+/t20-,21?/m0/s1. The van der Waals surface area contributed by atoms with Crippen LogP contribution in [0, 0.1) is 0 Å². The second-order valence-corrected chi connectivity index (χ2v) is 6.93. The van der Waals surface area contributed by atoms with Crippen LogP contribution in [0.25, 0.3) is 6.08 Å². The van der Waals surface area contributed by atoms with Crippen molar-refractivity contribution in [1.29, 1.82) is 0 Å². The molecule has 1 unspecified atom stereocenters. The van der Waals surface area contributed by atoms with Crippen molar-refractivity contribution >= 4 is 6.08 Å². The fraction of sp³-hybridized carbons (Fsp3) is 0.429. The fourth-order valence-electron chi connectivity index (χ4n) is 2.87. The molecule has 4 nitrogen and oxygen atoms in total. The smallest absolute Gasteiger partial charge is 0.0974 e. The molecule has 0 aliphatic carbocycles. The monoisotopic (exact) mass is 344 g/mol. The van der Waals surface area contributed by atoms with Gasteiger partial charge < -0.3 is 19.0 Å². The van der Waals surface area contributed by atoms with Crippen molar-refractivity contribution in [3.8, 4) is 0 Å². The van der Waals surface area contributed by atoms with Gasteiger partial charge in [-0.3, -0.25) is 0 Å². The minimum atomic E-state index is -0.882. The van der Waals surface area contributed by atoms with E-state index in [0.717, 1.165) is 36.0 Å². The number of aliphatic hydroxyl groups is 2. The van der Waals surface area contributed by atoms with Gasteiger partial charge in [-0.2, -0.15) is 0 Å². The van der Waals surface area contributed by atoms with Gasteiger partial charge in [-0.25, -0.2) is 0 Å². The predicted molar refractivity (Wildman–Crippen MR) is 99.0 cm³/mol. The molecule has 2 N–H and O–H groups in total. The normalized spacial score (nSPS) is 16.2. The average molecular weight is 344 g/mol. The highest BCUT2D eigenvalue weighted by atomic mass is 16.3. The third-order valence-electron chi connectivity index (χ3n) is 4.18. The summed E-state index contributed by atoms with van der Waals surface area (Å²) in [5.41, 5.74) is 2.35. The van der Waals surface area contributed by atoms with Crippen LogP contribution in [-0.2, 0) is 6.42 Å². The maximum Gasteiger partial charge on any atom is 0.0974 e. The Labute approximate surface area is 149 Å². The van der Waals surface area contributed by atoms with Crippen molar-refractivity contribution < 1.29 is 19.0 Å². The maximum absolute atomic E-state index is 10.5. The summed E-state index contributed by atoms with van der Waals surface area (Å²) in [5, 5.41) is 20.7. The van der Waals surface area contributed by atoms with E-state index in [0.29, 0.717) is 12.8 Å². The third-order valence-corrected chi connectivity index (χ3v) is 4.18. The zero-order chi connectivity index (χ0) is 18.1. The lowest BCUT2D eigenvalue weighted by Crippen LogP contribution is -2.29. The Kier molecular flexibility index (Phi) is 7.29. The summed E-state index contributed by atoms with van der Waals surface area (Å²) in [6, 6.07) is 3.83. The van der Waals surface area contributed by atoms with Crippen molar-refractivity contribution in [3.63, 3.8) is 0 Å². The minimum absolute atomic E-state index is 0.334. The molecule has 0 bridgehead atoms. The van der Waals surface area contributed by atoms with Gasteiger partial charge >= 0.3 is 0 Å². The van der Waals surface area contributed by atoms with Gasteiger partial charge in [0.2, 0.25) is 0 Å². The van der Waals surface area contributed by atoms with Gasteiger partial charge in [0.15, 0.2) is 0 Å². The van der Waals surface area contributed by atoms with Gasteiger partial charge in [-0.1, -0.05) is 23.8 Å². The van der Waals surface area contributed by atoms with Crippen LogP contribution in [0.5, 0.6) is 0 Å². The molecule has 2 aromatic rings. The number of aliphatic hydroxyl groups excluding tert-OH is 1. The van der Waals surface area contributed by atoms with Crippen molar-refractivity contribution in [3.05, 3.63) is 66.0 Å². The lowest BCUT2D eigenvalue weighted by Gasteiger charge is -2.25. The molecule has 4 heteroatoms. The molecule has 0 aromatic carbocycles.